The SMILES string of the molecule is COC(=O)C1CCN(Cc2ccc(OCc3ccc(C4CCCC4)c(C(F)(F)F)c3)cc2F)C1. The topological polar surface area (TPSA) is 38.8 Å². The van der Waals surface area contributed by atoms with Crippen LogP contribution in [-0.2, 0) is 28.9 Å². The Labute approximate surface area is 196 Å². The number of alkyl halides is 3. The largest absolute Gasteiger partial charge is 0.489 e. The molecule has 4 rings (SSSR count). The number of carbonyl (C=O) groups is 1. The molecule has 1 aliphatic heterocycles. The molecular weight excluding hydrogens is 450 g/mol. The fourth-order valence-corrected chi connectivity index (χ4v) is 5.02. The normalized spacial score (nSPS) is 19.5. The molecule has 1 saturated carbocycles. The molecule has 0 bridgehead atoms. The second-order valence-electron chi connectivity index (χ2n) is 9.19. The van der Waals surface area contributed by atoms with E-state index in [0.29, 0.717) is 42.7 Å². The van der Waals surface area contributed by atoms with Crippen LogP contribution in [0.5, 0.6) is 5.75 Å². The molecular formula is C26H29F4NO3. The van der Waals surface area contributed by atoms with Gasteiger partial charge in [-0.25, -0.2) is 4.39 Å². The second kappa shape index (κ2) is 10.3. The summed E-state index contributed by atoms with van der Waals surface area (Å²) in [5.41, 5.74) is 0.626. The van der Waals surface area contributed by atoms with Crippen molar-refractivity contribution in [2.75, 3.05) is 20.2 Å². The molecule has 0 radical (unpaired) electrons. The van der Waals surface area contributed by atoms with Crippen LogP contribution in [0.15, 0.2) is 36.4 Å². The van der Waals surface area contributed by atoms with Crippen LogP contribution in [0.3, 0.4) is 0 Å². The number of methoxy groups -OCH3 is 1. The summed E-state index contributed by atoms with van der Waals surface area (Å²) in [5, 5.41) is 0. The van der Waals surface area contributed by atoms with Gasteiger partial charge in [-0.05, 0) is 55.0 Å². The maximum Gasteiger partial charge on any atom is 0.416 e. The first-order chi connectivity index (χ1) is 16.2. The zero-order valence-electron chi connectivity index (χ0n) is 19.2. The standard InChI is InChI=1S/C26H29F4NO3/c1-33-25(32)20-10-11-31(15-20)14-19-7-8-21(13-24(19)27)34-16-17-6-9-22(18-4-2-3-5-18)23(12-17)26(28,29)30/h6-9,12-13,18,20H,2-5,10-11,14-16H2,1H3. The number of esters is 1. The van der Waals surface area contributed by atoms with E-state index in [0.717, 1.165) is 31.7 Å². The smallest absolute Gasteiger partial charge is 0.416 e. The van der Waals surface area contributed by atoms with E-state index in [1.54, 1.807) is 24.3 Å². The Kier molecular flexibility index (Phi) is 7.45. The summed E-state index contributed by atoms with van der Waals surface area (Å²) < 4.78 is 66.1. The van der Waals surface area contributed by atoms with E-state index in [4.69, 9.17) is 9.47 Å². The number of nitrogens with zero attached hydrogens (tertiary/aromatic N) is 1. The number of carbonyl (C=O) groups excluding carboxylic acids is 1. The van der Waals surface area contributed by atoms with E-state index in [-0.39, 0.29) is 30.2 Å². The summed E-state index contributed by atoms with van der Waals surface area (Å²) in [6.45, 7) is 1.47. The third-order valence-electron chi connectivity index (χ3n) is 6.85. The number of halogens is 4. The maximum atomic E-state index is 14.7. The summed E-state index contributed by atoms with van der Waals surface area (Å²) in [6.07, 6.45) is -0.272. The van der Waals surface area contributed by atoms with Gasteiger partial charge in [-0.3, -0.25) is 9.69 Å². The fourth-order valence-electron chi connectivity index (χ4n) is 5.02. The van der Waals surface area contributed by atoms with Crippen LogP contribution in [-0.4, -0.2) is 31.1 Å². The number of likely N-dealkylation sites (tertiary alicyclic amines) is 1. The van der Waals surface area contributed by atoms with Crippen molar-refractivity contribution in [1.82, 2.24) is 4.90 Å². The van der Waals surface area contributed by atoms with Crippen molar-refractivity contribution in [3.63, 3.8) is 0 Å². The van der Waals surface area contributed by atoms with Crippen LogP contribution in [0.1, 0.15) is 60.3 Å². The van der Waals surface area contributed by atoms with Crippen molar-refractivity contribution >= 4 is 5.97 Å². The molecule has 1 heterocycles. The third kappa shape index (κ3) is 5.71. The van der Waals surface area contributed by atoms with Gasteiger partial charge < -0.3 is 9.47 Å². The maximum absolute atomic E-state index is 14.7. The Morgan fingerprint density at radius 3 is 2.53 bits per heavy atom. The van der Waals surface area contributed by atoms with Gasteiger partial charge in [0.25, 0.3) is 0 Å². The minimum Gasteiger partial charge on any atom is -0.489 e. The summed E-state index contributed by atoms with van der Waals surface area (Å²) in [6, 6.07) is 8.87. The molecule has 0 aromatic heterocycles. The van der Waals surface area contributed by atoms with Crippen molar-refractivity contribution in [2.45, 2.75) is 57.3 Å². The first-order valence-corrected chi connectivity index (χ1v) is 11.7. The van der Waals surface area contributed by atoms with Crippen molar-refractivity contribution < 1.29 is 31.8 Å². The first kappa shape index (κ1) is 24.5. The Bertz CT molecular complexity index is 1020. The Hall–Kier alpha value is -2.61. The number of hydrogen-bond donors (Lipinski definition) is 0. The molecule has 2 aromatic rings. The van der Waals surface area contributed by atoms with Crippen molar-refractivity contribution in [3.8, 4) is 5.75 Å². The van der Waals surface area contributed by atoms with Crippen LogP contribution >= 0.6 is 0 Å². The third-order valence-corrected chi connectivity index (χ3v) is 6.85. The van der Waals surface area contributed by atoms with Crippen LogP contribution in [0, 0.1) is 11.7 Å². The average Bonchev–Trinajstić information content (AvgIpc) is 3.50. The van der Waals surface area contributed by atoms with Gasteiger partial charge in [0.15, 0.2) is 0 Å². The van der Waals surface area contributed by atoms with Crippen LogP contribution < -0.4 is 4.74 Å². The zero-order chi connectivity index (χ0) is 24.3. The highest BCUT2D eigenvalue weighted by Crippen LogP contribution is 2.42. The molecule has 2 aromatic carbocycles. The van der Waals surface area contributed by atoms with Gasteiger partial charge in [-0.1, -0.05) is 31.0 Å². The second-order valence-corrected chi connectivity index (χ2v) is 9.19. The lowest BCUT2D eigenvalue weighted by atomic mass is 9.91. The molecule has 1 atom stereocenters. The minimum atomic E-state index is -4.43. The van der Waals surface area contributed by atoms with Gasteiger partial charge >= 0.3 is 12.1 Å². The number of benzene rings is 2. The summed E-state index contributed by atoms with van der Waals surface area (Å²) in [5.74, 6) is -0.698. The molecule has 0 spiro atoms. The molecule has 1 unspecified atom stereocenters. The molecule has 4 nitrogen and oxygen atoms in total. The summed E-state index contributed by atoms with van der Waals surface area (Å²) in [4.78, 5) is 13.7. The van der Waals surface area contributed by atoms with Gasteiger partial charge in [-0.2, -0.15) is 13.2 Å². The van der Waals surface area contributed by atoms with Gasteiger partial charge in [-0.15, -0.1) is 0 Å². The lowest BCUT2D eigenvalue weighted by molar-refractivity contribution is -0.145. The van der Waals surface area contributed by atoms with Crippen molar-refractivity contribution in [2.24, 2.45) is 5.92 Å². The van der Waals surface area contributed by atoms with Crippen LogP contribution in [0.4, 0.5) is 17.6 Å². The lowest BCUT2D eigenvalue weighted by Crippen LogP contribution is -2.24. The highest BCUT2D eigenvalue weighted by atomic mass is 19.4. The fraction of sp³-hybridized carbons (Fsp3) is 0.500. The summed E-state index contributed by atoms with van der Waals surface area (Å²) >= 11 is 0. The molecule has 1 aliphatic carbocycles. The van der Waals surface area contributed by atoms with Gasteiger partial charge in [0.2, 0.25) is 0 Å². The van der Waals surface area contributed by atoms with Crippen molar-refractivity contribution in [3.05, 3.63) is 64.5 Å². The molecule has 0 amide bonds. The average molecular weight is 480 g/mol. The van der Waals surface area contributed by atoms with E-state index in [9.17, 15) is 22.4 Å². The Morgan fingerprint density at radius 1 is 1.09 bits per heavy atom. The molecule has 2 fully saturated rings. The first-order valence-electron chi connectivity index (χ1n) is 11.7. The number of hydrogen-bond acceptors (Lipinski definition) is 4. The van der Waals surface area contributed by atoms with Gasteiger partial charge in [0.05, 0.1) is 18.6 Å². The quantitative estimate of drug-likeness (QED) is 0.357. The van der Waals surface area contributed by atoms with E-state index >= 15 is 0 Å². The van der Waals surface area contributed by atoms with Gasteiger partial charge in [0.1, 0.15) is 18.2 Å². The molecule has 1 saturated heterocycles. The highest BCUT2D eigenvalue weighted by Gasteiger charge is 2.36. The summed E-state index contributed by atoms with van der Waals surface area (Å²) in [7, 11) is 1.36. The molecule has 8 heteroatoms. The van der Waals surface area contributed by atoms with Crippen LogP contribution in [0.2, 0.25) is 0 Å². The number of rotatable bonds is 7. The van der Waals surface area contributed by atoms with E-state index in [1.165, 1.54) is 13.2 Å². The number of ether oxygens (including phenoxy) is 2. The molecule has 0 N–H and O–H groups in total. The Balaban J connectivity index is 1.39. The zero-order valence-corrected chi connectivity index (χ0v) is 19.2. The lowest BCUT2D eigenvalue weighted by Gasteiger charge is -2.19. The molecule has 34 heavy (non-hydrogen) atoms. The predicted molar refractivity (Wildman–Crippen MR) is 119 cm³/mol. The van der Waals surface area contributed by atoms with Crippen molar-refractivity contribution in [1.29, 1.82) is 0 Å². The van der Waals surface area contributed by atoms with Gasteiger partial charge in [0, 0.05) is 24.7 Å². The molecule has 184 valence electrons. The van der Waals surface area contributed by atoms with E-state index < -0.39 is 17.6 Å². The predicted octanol–water partition coefficient (Wildman–Crippen LogP) is 6.08. The minimum absolute atomic E-state index is 0.0493. The van der Waals surface area contributed by atoms with Crippen LogP contribution in [0.25, 0.3) is 0 Å². The van der Waals surface area contributed by atoms with E-state index in [1.807, 2.05) is 4.90 Å². The highest BCUT2D eigenvalue weighted by molar-refractivity contribution is 5.72. The monoisotopic (exact) mass is 479 g/mol. The van der Waals surface area contributed by atoms with E-state index in [2.05, 4.69) is 0 Å². The molecule has 2 aliphatic rings. The Morgan fingerprint density at radius 2 is 1.85 bits per heavy atom.